The van der Waals surface area contributed by atoms with Crippen LogP contribution in [0.1, 0.15) is 25.3 Å². The van der Waals surface area contributed by atoms with Gasteiger partial charge in [-0.3, -0.25) is 0 Å². The van der Waals surface area contributed by atoms with Gasteiger partial charge in [0.15, 0.2) is 5.82 Å². The molecule has 0 bridgehead atoms. The molecule has 0 saturated carbocycles. The molecule has 0 atom stereocenters. The van der Waals surface area contributed by atoms with Gasteiger partial charge in [-0.2, -0.15) is 0 Å². The molecule has 1 heterocycles. The molecule has 0 fully saturated rings. The first kappa shape index (κ1) is 15.8. The summed E-state index contributed by atoms with van der Waals surface area (Å²) in [6.07, 6.45) is 2.39. The van der Waals surface area contributed by atoms with Crippen LogP contribution in [0.25, 0.3) is 11.4 Å². The van der Waals surface area contributed by atoms with Crippen LogP contribution < -0.4 is 0 Å². The lowest BCUT2D eigenvalue weighted by atomic mass is 10.2. The van der Waals surface area contributed by atoms with E-state index in [2.05, 4.69) is 43.3 Å². The molecule has 2 aromatic carbocycles. The van der Waals surface area contributed by atoms with Crippen molar-refractivity contribution < 1.29 is 0 Å². The summed E-state index contributed by atoms with van der Waals surface area (Å²) in [7, 11) is 0. The Morgan fingerprint density at radius 1 is 0.957 bits per heavy atom. The van der Waals surface area contributed by atoms with E-state index in [0.29, 0.717) is 0 Å². The van der Waals surface area contributed by atoms with E-state index in [-0.39, 0.29) is 0 Å². The molecule has 3 aromatic rings. The minimum atomic E-state index is 0.742. The van der Waals surface area contributed by atoms with Crippen LogP contribution in [0.2, 0.25) is 0 Å². The standard InChI is InChI=1S/C19H21N3S/c1-2-3-14-23-19-20-18(17-12-8-5-9-13-17)22(21-19)15-16-10-6-4-7-11-16/h4-13H,2-3,14-15H2,1H3. The number of aromatic nitrogens is 3. The van der Waals surface area contributed by atoms with Crippen LogP contribution >= 0.6 is 11.8 Å². The highest BCUT2D eigenvalue weighted by Crippen LogP contribution is 2.23. The monoisotopic (exact) mass is 323 g/mol. The van der Waals surface area contributed by atoms with Gasteiger partial charge < -0.3 is 0 Å². The van der Waals surface area contributed by atoms with Crippen molar-refractivity contribution in [1.29, 1.82) is 0 Å². The lowest BCUT2D eigenvalue weighted by molar-refractivity contribution is 0.672. The number of rotatable bonds is 7. The first-order valence-corrected chi connectivity index (χ1v) is 9.02. The average Bonchev–Trinajstić information content (AvgIpc) is 2.99. The van der Waals surface area contributed by atoms with Gasteiger partial charge in [0.25, 0.3) is 0 Å². The lowest BCUT2D eigenvalue weighted by Crippen LogP contribution is -2.04. The van der Waals surface area contributed by atoms with E-state index in [1.54, 1.807) is 11.8 Å². The molecule has 3 nitrogen and oxygen atoms in total. The van der Waals surface area contributed by atoms with Crippen molar-refractivity contribution in [3.05, 3.63) is 66.2 Å². The quantitative estimate of drug-likeness (QED) is 0.458. The van der Waals surface area contributed by atoms with Gasteiger partial charge in [0.1, 0.15) is 0 Å². The van der Waals surface area contributed by atoms with E-state index in [4.69, 9.17) is 10.1 Å². The molecule has 0 aliphatic heterocycles. The van der Waals surface area contributed by atoms with Gasteiger partial charge in [-0.1, -0.05) is 85.8 Å². The Labute approximate surface area is 141 Å². The SMILES string of the molecule is CCCCSc1nc(-c2ccccc2)n(Cc2ccccc2)n1. The number of thioether (sulfide) groups is 1. The highest BCUT2D eigenvalue weighted by Gasteiger charge is 2.12. The van der Waals surface area contributed by atoms with Crippen LogP contribution in [0.3, 0.4) is 0 Å². The Bertz CT molecular complexity index is 723. The Morgan fingerprint density at radius 2 is 1.65 bits per heavy atom. The van der Waals surface area contributed by atoms with Gasteiger partial charge in [-0.15, -0.1) is 5.10 Å². The van der Waals surface area contributed by atoms with Crippen molar-refractivity contribution in [2.75, 3.05) is 5.75 Å². The number of nitrogens with zero attached hydrogens (tertiary/aromatic N) is 3. The van der Waals surface area contributed by atoms with Crippen molar-refractivity contribution in [3.63, 3.8) is 0 Å². The fourth-order valence-electron chi connectivity index (χ4n) is 2.36. The summed E-state index contributed by atoms with van der Waals surface area (Å²) < 4.78 is 2.01. The molecule has 0 saturated heterocycles. The van der Waals surface area contributed by atoms with E-state index < -0.39 is 0 Å². The first-order chi connectivity index (χ1) is 11.4. The zero-order chi connectivity index (χ0) is 15.9. The van der Waals surface area contributed by atoms with Crippen LogP contribution in [-0.4, -0.2) is 20.5 Å². The maximum absolute atomic E-state index is 4.76. The van der Waals surface area contributed by atoms with E-state index in [1.165, 1.54) is 18.4 Å². The van der Waals surface area contributed by atoms with Gasteiger partial charge in [0, 0.05) is 11.3 Å². The molecular formula is C19H21N3S. The molecule has 0 spiro atoms. The Morgan fingerprint density at radius 3 is 2.35 bits per heavy atom. The molecular weight excluding hydrogens is 302 g/mol. The number of hydrogen-bond acceptors (Lipinski definition) is 3. The fraction of sp³-hybridized carbons (Fsp3) is 0.263. The third kappa shape index (κ3) is 4.23. The maximum Gasteiger partial charge on any atom is 0.209 e. The number of hydrogen-bond donors (Lipinski definition) is 0. The molecule has 4 heteroatoms. The van der Waals surface area contributed by atoms with Crippen LogP contribution in [-0.2, 0) is 6.54 Å². The normalized spacial score (nSPS) is 10.8. The molecule has 0 N–H and O–H groups in total. The summed E-state index contributed by atoms with van der Waals surface area (Å²) in [5.74, 6) is 2.01. The molecule has 0 radical (unpaired) electrons. The van der Waals surface area contributed by atoms with Crippen molar-refractivity contribution in [2.24, 2.45) is 0 Å². The van der Waals surface area contributed by atoms with Crippen LogP contribution in [0, 0.1) is 0 Å². The summed E-state index contributed by atoms with van der Waals surface area (Å²) >= 11 is 1.74. The number of unbranched alkanes of at least 4 members (excludes halogenated alkanes) is 1. The largest absolute Gasteiger partial charge is 0.240 e. The molecule has 0 amide bonds. The van der Waals surface area contributed by atoms with E-state index in [1.807, 2.05) is 28.9 Å². The lowest BCUT2D eigenvalue weighted by Gasteiger charge is -2.05. The summed E-state index contributed by atoms with van der Waals surface area (Å²) in [5, 5.41) is 5.59. The van der Waals surface area contributed by atoms with Crippen molar-refractivity contribution in [1.82, 2.24) is 14.8 Å². The third-order valence-corrected chi connectivity index (χ3v) is 4.51. The highest BCUT2D eigenvalue weighted by atomic mass is 32.2. The zero-order valence-corrected chi connectivity index (χ0v) is 14.2. The van der Waals surface area contributed by atoms with E-state index in [0.717, 1.165) is 28.8 Å². The van der Waals surface area contributed by atoms with Crippen molar-refractivity contribution in [2.45, 2.75) is 31.5 Å². The van der Waals surface area contributed by atoms with E-state index in [9.17, 15) is 0 Å². The molecule has 0 aliphatic rings. The Hall–Kier alpha value is -2.07. The van der Waals surface area contributed by atoms with Crippen LogP contribution in [0.5, 0.6) is 0 Å². The summed E-state index contributed by atoms with van der Waals surface area (Å²) in [6, 6.07) is 20.7. The van der Waals surface area contributed by atoms with Crippen LogP contribution in [0.15, 0.2) is 65.8 Å². The molecule has 23 heavy (non-hydrogen) atoms. The predicted molar refractivity (Wildman–Crippen MR) is 96.6 cm³/mol. The fourth-order valence-corrected chi connectivity index (χ4v) is 3.28. The summed E-state index contributed by atoms with van der Waals surface area (Å²) in [5.41, 5.74) is 2.35. The zero-order valence-electron chi connectivity index (χ0n) is 13.4. The van der Waals surface area contributed by atoms with Gasteiger partial charge in [0.2, 0.25) is 5.16 Å². The molecule has 0 aliphatic carbocycles. The highest BCUT2D eigenvalue weighted by molar-refractivity contribution is 7.99. The van der Waals surface area contributed by atoms with E-state index >= 15 is 0 Å². The molecule has 3 rings (SSSR count). The third-order valence-electron chi connectivity index (χ3n) is 3.59. The smallest absolute Gasteiger partial charge is 0.209 e. The second-order valence-corrected chi connectivity index (χ2v) is 6.49. The van der Waals surface area contributed by atoms with Crippen molar-refractivity contribution in [3.8, 4) is 11.4 Å². The Kier molecular flexibility index (Phi) is 5.48. The number of benzene rings is 2. The molecule has 1 aromatic heterocycles. The van der Waals surface area contributed by atoms with Gasteiger partial charge in [0.05, 0.1) is 6.54 Å². The summed E-state index contributed by atoms with van der Waals surface area (Å²) in [6.45, 7) is 2.95. The average molecular weight is 323 g/mol. The topological polar surface area (TPSA) is 30.7 Å². The second kappa shape index (κ2) is 7.97. The first-order valence-electron chi connectivity index (χ1n) is 8.04. The molecule has 0 unspecified atom stereocenters. The predicted octanol–water partition coefficient (Wildman–Crippen LogP) is 4.89. The second-order valence-electron chi connectivity index (χ2n) is 5.43. The van der Waals surface area contributed by atoms with Crippen LogP contribution in [0.4, 0.5) is 0 Å². The van der Waals surface area contributed by atoms with Gasteiger partial charge in [-0.05, 0) is 12.0 Å². The summed E-state index contributed by atoms with van der Waals surface area (Å²) in [4.78, 5) is 4.76. The van der Waals surface area contributed by atoms with Gasteiger partial charge in [-0.25, -0.2) is 9.67 Å². The van der Waals surface area contributed by atoms with Crippen molar-refractivity contribution >= 4 is 11.8 Å². The minimum Gasteiger partial charge on any atom is -0.240 e. The Balaban J connectivity index is 1.89. The maximum atomic E-state index is 4.76. The molecule has 118 valence electrons. The van der Waals surface area contributed by atoms with Gasteiger partial charge >= 0.3 is 0 Å². The minimum absolute atomic E-state index is 0.742.